The number of nitrogens with one attached hydrogen (secondary N) is 1. The molecule has 1 aromatic carbocycles. The minimum atomic E-state index is -0.477. The van der Waals surface area contributed by atoms with Gasteiger partial charge in [0.2, 0.25) is 5.95 Å². The first-order valence-electron chi connectivity index (χ1n) is 9.27. The van der Waals surface area contributed by atoms with Crippen LogP contribution >= 0.6 is 12.4 Å². The van der Waals surface area contributed by atoms with Crippen LogP contribution in [0.3, 0.4) is 0 Å². The number of aromatic nitrogens is 4. The number of anilines is 2. The van der Waals surface area contributed by atoms with E-state index in [1.807, 2.05) is 26.1 Å². The summed E-state index contributed by atoms with van der Waals surface area (Å²) in [4.78, 5) is 15.0. The van der Waals surface area contributed by atoms with Gasteiger partial charge in [-0.05, 0) is 24.6 Å². The molecule has 0 saturated carbocycles. The summed E-state index contributed by atoms with van der Waals surface area (Å²) in [6.45, 7) is 6.26. The van der Waals surface area contributed by atoms with Crippen LogP contribution in [0.15, 0.2) is 36.7 Å². The van der Waals surface area contributed by atoms with E-state index < -0.39 is 5.82 Å². The third-order valence-electron chi connectivity index (χ3n) is 4.93. The summed E-state index contributed by atoms with van der Waals surface area (Å²) in [5.74, 6) is 0.656. The van der Waals surface area contributed by atoms with Crippen LogP contribution in [0.2, 0.25) is 0 Å². The Kier molecular flexibility index (Phi) is 6.79. The molecule has 1 aliphatic rings. The van der Waals surface area contributed by atoms with E-state index in [-0.39, 0.29) is 18.1 Å². The van der Waals surface area contributed by atoms with E-state index in [4.69, 9.17) is 4.74 Å². The van der Waals surface area contributed by atoms with Crippen molar-refractivity contribution in [2.75, 3.05) is 31.6 Å². The molecule has 154 valence electrons. The van der Waals surface area contributed by atoms with Gasteiger partial charge in [0.05, 0.1) is 31.3 Å². The number of imidazole rings is 1. The van der Waals surface area contributed by atoms with E-state index in [0.717, 1.165) is 44.4 Å². The van der Waals surface area contributed by atoms with Crippen molar-refractivity contribution >= 4 is 24.0 Å². The minimum absolute atomic E-state index is 0. The third-order valence-corrected chi connectivity index (χ3v) is 4.93. The summed E-state index contributed by atoms with van der Waals surface area (Å²) in [6.07, 6.45) is 2.80. The lowest BCUT2D eigenvalue weighted by Crippen LogP contribution is -2.35. The molecule has 29 heavy (non-hydrogen) atoms. The zero-order valence-corrected chi connectivity index (χ0v) is 17.2. The first-order chi connectivity index (χ1) is 13.6. The van der Waals surface area contributed by atoms with Gasteiger partial charge in [0.15, 0.2) is 5.82 Å². The van der Waals surface area contributed by atoms with Crippen molar-refractivity contribution in [2.45, 2.75) is 13.5 Å². The van der Waals surface area contributed by atoms with Gasteiger partial charge in [-0.3, -0.25) is 4.90 Å². The Bertz CT molecular complexity index is 956. The molecule has 0 aliphatic carbocycles. The second kappa shape index (κ2) is 9.30. The van der Waals surface area contributed by atoms with Gasteiger partial charge < -0.3 is 14.6 Å². The smallest absolute Gasteiger partial charge is 0.227 e. The SMILES string of the molecule is Cc1ncc(-c2nc(Nc3ccc(CN4CCOCC4)cc3)ncc2F)n1C.Cl. The van der Waals surface area contributed by atoms with E-state index in [1.165, 1.54) is 11.8 Å². The Morgan fingerprint density at radius 3 is 2.48 bits per heavy atom. The van der Waals surface area contributed by atoms with Crippen molar-refractivity contribution in [2.24, 2.45) is 7.05 Å². The fourth-order valence-corrected chi connectivity index (χ4v) is 3.17. The predicted octanol–water partition coefficient (Wildman–Crippen LogP) is 3.32. The maximum absolute atomic E-state index is 14.3. The van der Waals surface area contributed by atoms with Crippen LogP contribution < -0.4 is 5.32 Å². The van der Waals surface area contributed by atoms with Gasteiger partial charge in [-0.2, -0.15) is 0 Å². The van der Waals surface area contributed by atoms with Crippen LogP contribution in [0.4, 0.5) is 16.0 Å². The van der Waals surface area contributed by atoms with Crippen molar-refractivity contribution in [3.8, 4) is 11.4 Å². The molecule has 1 N–H and O–H groups in total. The van der Waals surface area contributed by atoms with Crippen LogP contribution in [-0.2, 0) is 18.3 Å². The maximum atomic E-state index is 14.3. The molecular formula is C20H24ClFN6O. The second-order valence-electron chi connectivity index (χ2n) is 6.85. The minimum Gasteiger partial charge on any atom is -0.379 e. The van der Waals surface area contributed by atoms with E-state index in [0.29, 0.717) is 11.6 Å². The number of hydrogen-bond donors (Lipinski definition) is 1. The predicted molar refractivity (Wildman–Crippen MR) is 112 cm³/mol. The summed E-state index contributed by atoms with van der Waals surface area (Å²) in [5.41, 5.74) is 2.92. The van der Waals surface area contributed by atoms with Gasteiger partial charge in [0.1, 0.15) is 11.5 Å². The first kappa shape index (κ1) is 21.2. The molecule has 0 bridgehead atoms. The van der Waals surface area contributed by atoms with Crippen LogP contribution in [0.5, 0.6) is 0 Å². The Morgan fingerprint density at radius 2 is 1.83 bits per heavy atom. The van der Waals surface area contributed by atoms with Crippen molar-refractivity contribution in [1.29, 1.82) is 0 Å². The van der Waals surface area contributed by atoms with E-state index in [2.05, 4.69) is 37.3 Å². The molecule has 3 aromatic rings. The van der Waals surface area contributed by atoms with Gasteiger partial charge in [0, 0.05) is 32.4 Å². The number of benzene rings is 1. The highest BCUT2D eigenvalue weighted by Gasteiger charge is 2.15. The summed E-state index contributed by atoms with van der Waals surface area (Å²) in [5, 5.41) is 3.15. The van der Waals surface area contributed by atoms with Crippen molar-refractivity contribution in [1.82, 2.24) is 24.4 Å². The van der Waals surface area contributed by atoms with Crippen molar-refractivity contribution in [3.63, 3.8) is 0 Å². The molecule has 0 unspecified atom stereocenters. The molecule has 7 nitrogen and oxygen atoms in total. The van der Waals surface area contributed by atoms with Gasteiger partial charge in [-0.1, -0.05) is 12.1 Å². The highest BCUT2D eigenvalue weighted by molar-refractivity contribution is 5.85. The van der Waals surface area contributed by atoms with E-state index >= 15 is 0 Å². The number of nitrogens with zero attached hydrogens (tertiary/aromatic N) is 5. The van der Waals surface area contributed by atoms with Crippen LogP contribution in [0.1, 0.15) is 11.4 Å². The highest BCUT2D eigenvalue weighted by atomic mass is 35.5. The highest BCUT2D eigenvalue weighted by Crippen LogP contribution is 2.23. The van der Waals surface area contributed by atoms with Gasteiger partial charge >= 0.3 is 0 Å². The zero-order chi connectivity index (χ0) is 19.5. The molecule has 0 atom stereocenters. The molecule has 1 fully saturated rings. The normalized spacial score (nSPS) is 14.4. The largest absolute Gasteiger partial charge is 0.379 e. The summed E-state index contributed by atoms with van der Waals surface area (Å²) in [7, 11) is 1.83. The van der Waals surface area contributed by atoms with Crippen molar-refractivity contribution in [3.05, 3.63) is 53.9 Å². The molecule has 0 radical (unpaired) electrons. The Morgan fingerprint density at radius 1 is 1.10 bits per heavy atom. The topological polar surface area (TPSA) is 68.1 Å². The number of halogens is 2. The molecule has 1 saturated heterocycles. The maximum Gasteiger partial charge on any atom is 0.227 e. The molecule has 0 amide bonds. The number of ether oxygens (including phenoxy) is 1. The van der Waals surface area contributed by atoms with Crippen molar-refractivity contribution < 1.29 is 9.13 Å². The average molecular weight is 419 g/mol. The molecule has 1 aliphatic heterocycles. The molecule has 4 rings (SSSR count). The lowest BCUT2D eigenvalue weighted by atomic mass is 10.2. The third kappa shape index (κ3) is 4.90. The molecule has 0 spiro atoms. The van der Waals surface area contributed by atoms with Crippen LogP contribution in [0.25, 0.3) is 11.4 Å². The molecule has 3 heterocycles. The summed E-state index contributed by atoms with van der Waals surface area (Å²) < 4.78 is 21.4. The number of rotatable bonds is 5. The Balaban J connectivity index is 0.00000240. The second-order valence-corrected chi connectivity index (χ2v) is 6.85. The summed E-state index contributed by atoms with van der Waals surface area (Å²) in [6, 6.07) is 8.12. The monoisotopic (exact) mass is 418 g/mol. The van der Waals surface area contributed by atoms with Gasteiger partial charge in [-0.25, -0.2) is 19.3 Å². The fourth-order valence-electron chi connectivity index (χ4n) is 3.17. The van der Waals surface area contributed by atoms with E-state index in [9.17, 15) is 4.39 Å². The fraction of sp³-hybridized carbons (Fsp3) is 0.350. The number of morpholine rings is 1. The molecule has 2 aromatic heterocycles. The summed E-state index contributed by atoms with van der Waals surface area (Å²) >= 11 is 0. The molecule has 9 heteroatoms. The Hall–Kier alpha value is -2.55. The average Bonchev–Trinajstić information content (AvgIpc) is 3.04. The first-order valence-corrected chi connectivity index (χ1v) is 9.27. The van der Waals surface area contributed by atoms with Crippen LogP contribution in [-0.4, -0.2) is 50.7 Å². The van der Waals surface area contributed by atoms with Gasteiger partial charge in [-0.15, -0.1) is 12.4 Å². The molecular weight excluding hydrogens is 395 g/mol. The Labute approximate surface area is 175 Å². The van der Waals surface area contributed by atoms with Crippen LogP contribution in [0, 0.1) is 12.7 Å². The standard InChI is InChI=1S/C20H23FN6O.ClH/c1-14-22-12-18(26(14)2)19-17(21)11-23-20(25-19)24-16-5-3-15(4-6-16)13-27-7-9-28-10-8-27;/h3-6,11-12H,7-10,13H2,1-2H3,(H,23,24,25);1H. The van der Waals surface area contributed by atoms with Gasteiger partial charge in [0.25, 0.3) is 0 Å². The number of hydrogen-bond acceptors (Lipinski definition) is 6. The lowest BCUT2D eigenvalue weighted by Gasteiger charge is -2.26. The quantitative estimate of drug-likeness (QED) is 0.685. The lowest BCUT2D eigenvalue weighted by molar-refractivity contribution is 0.0342. The van der Waals surface area contributed by atoms with E-state index in [1.54, 1.807) is 10.8 Å². The zero-order valence-electron chi connectivity index (χ0n) is 16.4. The number of aryl methyl sites for hydroxylation is 1.